The lowest BCUT2D eigenvalue weighted by molar-refractivity contribution is 0.0439. The lowest BCUT2D eigenvalue weighted by atomic mass is 9.88. The van der Waals surface area contributed by atoms with Gasteiger partial charge in [-0.15, -0.1) is 0 Å². The molecule has 1 aliphatic rings. The highest BCUT2D eigenvalue weighted by Crippen LogP contribution is 2.42. The Hall–Kier alpha value is -2.12. The van der Waals surface area contributed by atoms with Gasteiger partial charge in [0.15, 0.2) is 9.84 Å². The molecule has 1 aromatic heterocycles. The van der Waals surface area contributed by atoms with Gasteiger partial charge in [0.25, 0.3) is 0 Å². The summed E-state index contributed by atoms with van der Waals surface area (Å²) in [5, 5.41) is 19.8. The zero-order valence-electron chi connectivity index (χ0n) is 10.8. The number of carboxylic acids is 1. The summed E-state index contributed by atoms with van der Waals surface area (Å²) in [4.78, 5) is 10.9. The van der Waals surface area contributed by atoms with Crippen molar-refractivity contribution in [3.63, 3.8) is 0 Å². The van der Waals surface area contributed by atoms with E-state index in [0.717, 1.165) is 0 Å². The molecule has 110 valence electrons. The first-order chi connectivity index (χ1) is 9.84. The molecule has 0 fully saturated rings. The van der Waals surface area contributed by atoms with E-state index in [4.69, 9.17) is 9.52 Å². The molecule has 2 aromatic rings. The fourth-order valence-electron chi connectivity index (χ4n) is 2.54. The highest BCUT2D eigenvalue weighted by atomic mass is 32.2. The number of benzene rings is 1. The number of aromatic carboxylic acids is 1. The molecule has 0 bridgehead atoms. The van der Waals surface area contributed by atoms with Gasteiger partial charge in [-0.05, 0) is 18.2 Å². The van der Waals surface area contributed by atoms with Gasteiger partial charge in [-0.2, -0.15) is 0 Å². The number of hydrogen-bond acceptors (Lipinski definition) is 5. The predicted octanol–water partition coefficient (Wildman–Crippen LogP) is 1.39. The predicted molar refractivity (Wildman–Crippen MR) is 71.8 cm³/mol. The molecule has 6 nitrogen and oxygen atoms in total. The molecule has 1 aromatic carbocycles. The summed E-state index contributed by atoms with van der Waals surface area (Å²) in [6.45, 7) is 0. The van der Waals surface area contributed by atoms with Crippen molar-refractivity contribution in [2.45, 2.75) is 16.9 Å². The van der Waals surface area contributed by atoms with E-state index in [1.807, 2.05) is 0 Å². The van der Waals surface area contributed by atoms with E-state index in [-0.39, 0.29) is 34.2 Å². The van der Waals surface area contributed by atoms with E-state index in [0.29, 0.717) is 0 Å². The molecular formula is C14H12O6S. The van der Waals surface area contributed by atoms with Gasteiger partial charge in [0.1, 0.15) is 11.4 Å². The number of aliphatic hydroxyl groups is 1. The Kier molecular flexibility index (Phi) is 2.93. The smallest absolute Gasteiger partial charge is 0.371 e. The second-order valence-electron chi connectivity index (χ2n) is 4.89. The monoisotopic (exact) mass is 308 g/mol. The van der Waals surface area contributed by atoms with Crippen molar-refractivity contribution in [3.8, 4) is 0 Å². The molecular weight excluding hydrogens is 296 g/mol. The summed E-state index contributed by atoms with van der Waals surface area (Å²) in [7, 11) is -3.45. The molecule has 0 amide bonds. The molecule has 0 aliphatic carbocycles. The molecule has 21 heavy (non-hydrogen) atoms. The third kappa shape index (κ3) is 2.05. The van der Waals surface area contributed by atoms with E-state index < -0.39 is 21.4 Å². The van der Waals surface area contributed by atoms with Crippen LogP contribution in [0.25, 0.3) is 0 Å². The van der Waals surface area contributed by atoms with Crippen LogP contribution in [-0.2, 0) is 15.4 Å². The maximum absolute atomic E-state index is 12.1. The van der Waals surface area contributed by atoms with Gasteiger partial charge in [0.05, 0.1) is 10.6 Å². The summed E-state index contributed by atoms with van der Waals surface area (Å²) < 4.78 is 29.3. The van der Waals surface area contributed by atoms with Crippen molar-refractivity contribution >= 4 is 15.8 Å². The number of rotatable bonds is 2. The second-order valence-corrected chi connectivity index (χ2v) is 6.97. The van der Waals surface area contributed by atoms with Crippen LogP contribution in [0.15, 0.2) is 45.7 Å². The van der Waals surface area contributed by atoms with Crippen molar-refractivity contribution in [1.82, 2.24) is 0 Å². The number of carbonyl (C=O) groups is 1. The molecule has 0 saturated carbocycles. The van der Waals surface area contributed by atoms with Crippen LogP contribution in [-0.4, -0.2) is 30.4 Å². The standard InChI is InChI=1S/C14H12O6S/c15-13(16)10-5-6-12(20-10)14(17)7-8-21(18,19)11-4-2-1-3-9(11)14/h1-6,17H,7-8H2,(H,15,16). The van der Waals surface area contributed by atoms with E-state index in [9.17, 15) is 18.3 Å². The van der Waals surface area contributed by atoms with Crippen LogP contribution in [0.3, 0.4) is 0 Å². The van der Waals surface area contributed by atoms with E-state index in [1.165, 1.54) is 24.3 Å². The van der Waals surface area contributed by atoms with Crippen LogP contribution in [0.1, 0.15) is 28.3 Å². The van der Waals surface area contributed by atoms with Crippen molar-refractivity contribution in [2.24, 2.45) is 0 Å². The summed E-state index contributed by atoms with van der Waals surface area (Å²) in [6, 6.07) is 8.73. The van der Waals surface area contributed by atoms with Crippen molar-refractivity contribution in [3.05, 3.63) is 53.5 Å². The Labute approximate surface area is 120 Å². The average molecular weight is 308 g/mol. The van der Waals surface area contributed by atoms with E-state index in [2.05, 4.69) is 0 Å². The fraction of sp³-hybridized carbons (Fsp3) is 0.214. The maximum atomic E-state index is 12.1. The summed E-state index contributed by atoms with van der Waals surface area (Å²) >= 11 is 0. The first-order valence-corrected chi connectivity index (χ1v) is 7.88. The minimum Gasteiger partial charge on any atom is -0.475 e. The van der Waals surface area contributed by atoms with Gasteiger partial charge >= 0.3 is 5.97 Å². The maximum Gasteiger partial charge on any atom is 0.371 e. The fourth-order valence-corrected chi connectivity index (χ4v) is 4.18. The molecule has 3 rings (SSSR count). The Morgan fingerprint density at radius 3 is 2.57 bits per heavy atom. The normalized spacial score (nSPS) is 23.5. The summed E-state index contributed by atoms with van der Waals surface area (Å²) in [5.41, 5.74) is -1.43. The Morgan fingerprint density at radius 1 is 1.19 bits per heavy atom. The quantitative estimate of drug-likeness (QED) is 0.868. The molecule has 1 aliphatic heterocycles. The second kappa shape index (κ2) is 4.44. The van der Waals surface area contributed by atoms with Crippen LogP contribution < -0.4 is 0 Å². The topological polar surface area (TPSA) is 105 Å². The lowest BCUT2D eigenvalue weighted by Gasteiger charge is -2.32. The molecule has 0 radical (unpaired) electrons. The van der Waals surface area contributed by atoms with Crippen LogP contribution in [0.2, 0.25) is 0 Å². The van der Waals surface area contributed by atoms with Gasteiger partial charge in [0.2, 0.25) is 5.76 Å². The van der Waals surface area contributed by atoms with Crippen molar-refractivity contribution < 1.29 is 27.8 Å². The lowest BCUT2D eigenvalue weighted by Crippen LogP contribution is -2.36. The van der Waals surface area contributed by atoms with E-state index >= 15 is 0 Å². The number of hydrogen-bond donors (Lipinski definition) is 2. The highest BCUT2D eigenvalue weighted by molar-refractivity contribution is 7.91. The van der Waals surface area contributed by atoms with Crippen molar-refractivity contribution in [2.75, 3.05) is 5.75 Å². The average Bonchev–Trinajstić information content (AvgIpc) is 2.94. The molecule has 2 heterocycles. The first kappa shape index (κ1) is 13.8. The SMILES string of the molecule is O=C(O)c1ccc(C2(O)CCS(=O)(=O)c3ccccc32)o1. The van der Waals surface area contributed by atoms with Gasteiger partial charge in [0, 0.05) is 12.0 Å². The first-order valence-electron chi connectivity index (χ1n) is 6.23. The van der Waals surface area contributed by atoms with Gasteiger partial charge in [-0.3, -0.25) is 0 Å². The van der Waals surface area contributed by atoms with Crippen molar-refractivity contribution in [1.29, 1.82) is 0 Å². The minimum atomic E-state index is -3.45. The van der Waals surface area contributed by atoms with Crippen LogP contribution >= 0.6 is 0 Å². The summed E-state index contributed by atoms with van der Waals surface area (Å²) in [5.74, 6) is -1.75. The highest BCUT2D eigenvalue weighted by Gasteiger charge is 2.44. The number of sulfone groups is 1. The number of fused-ring (bicyclic) bond motifs is 1. The number of carboxylic acid groups (broad SMARTS) is 1. The molecule has 1 unspecified atom stereocenters. The van der Waals surface area contributed by atoms with Crippen LogP contribution in [0, 0.1) is 0 Å². The molecule has 0 spiro atoms. The number of furan rings is 1. The van der Waals surface area contributed by atoms with Gasteiger partial charge in [-0.25, -0.2) is 13.2 Å². The van der Waals surface area contributed by atoms with E-state index in [1.54, 1.807) is 12.1 Å². The third-order valence-electron chi connectivity index (χ3n) is 3.62. The van der Waals surface area contributed by atoms with Crippen LogP contribution in [0.5, 0.6) is 0 Å². The van der Waals surface area contributed by atoms with Crippen LogP contribution in [0.4, 0.5) is 0 Å². The Bertz CT molecular complexity index is 819. The molecule has 0 saturated heterocycles. The third-order valence-corrected chi connectivity index (χ3v) is 5.39. The van der Waals surface area contributed by atoms with Gasteiger partial charge < -0.3 is 14.6 Å². The summed E-state index contributed by atoms with van der Waals surface area (Å²) in [6.07, 6.45) is -0.0844. The minimum absolute atomic E-state index is 0.0299. The zero-order chi connectivity index (χ0) is 15.3. The molecule has 2 N–H and O–H groups in total. The van der Waals surface area contributed by atoms with Gasteiger partial charge in [-0.1, -0.05) is 18.2 Å². The largest absolute Gasteiger partial charge is 0.475 e. The molecule has 7 heteroatoms. The Balaban J connectivity index is 2.20. The molecule has 1 atom stereocenters. The Morgan fingerprint density at radius 2 is 1.90 bits per heavy atom. The zero-order valence-corrected chi connectivity index (χ0v) is 11.6.